The fourth-order valence-electron chi connectivity index (χ4n) is 3.72. The highest BCUT2D eigenvalue weighted by Gasteiger charge is 2.34. The lowest BCUT2D eigenvalue weighted by atomic mass is 10.2. The van der Waals surface area contributed by atoms with E-state index in [0.29, 0.717) is 45.3 Å². The second-order valence-corrected chi connectivity index (χ2v) is 9.71. The fourth-order valence-corrected chi connectivity index (χ4v) is 5.24. The van der Waals surface area contributed by atoms with Crippen LogP contribution in [0.2, 0.25) is 0 Å². The Labute approximate surface area is 171 Å². The van der Waals surface area contributed by atoms with Crippen LogP contribution in [0, 0.1) is 0 Å². The fraction of sp³-hybridized carbons (Fsp3) is 0.476. The Morgan fingerprint density at radius 1 is 1.03 bits per heavy atom. The van der Waals surface area contributed by atoms with Crippen molar-refractivity contribution in [2.24, 2.45) is 0 Å². The third-order valence-electron chi connectivity index (χ3n) is 5.52. The summed E-state index contributed by atoms with van der Waals surface area (Å²) in [5, 5.41) is 0. The zero-order valence-corrected chi connectivity index (χ0v) is 17.3. The summed E-state index contributed by atoms with van der Waals surface area (Å²) < 4.78 is 32.3. The van der Waals surface area contributed by atoms with Gasteiger partial charge in [0, 0.05) is 32.2 Å². The van der Waals surface area contributed by atoms with E-state index in [-0.39, 0.29) is 11.7 Å². The normalized spacial score (nSPS) is 18.3. The molecule has 8 heteroatoms. The Hall–Kier alpha value is -2.16. The predicted octanol–water partition coefficient (Wildman–Crippen LogP) is 1.92. The first-order valence-electron chi connectivity index (χ1n) is 10.1. The molecule has 0 bridgehead atoms. The Morgan fingerprint density at radius 3 is 2.38 bits per heavy atom. The van der Waals surface area contributed by atoms with Crippen molar-refractivity contribution in [2.75, 3.05) is 32.7 Å². The van der Waals surface area contributed by atoms with E-state index in [1.54, 1.807) is 11.2 Å². The molecule has 1 aliphatic carbocycles. The summed E-state index contributed by atoms with van der Waals surface area (Å²) in [6, 6.07) is 13.4. The molecule has 1 saturated carbocycles. The Kier molecular flexibility index (Phi) is 6.03. The van der Waals surface area contributed by atoms with Gasteiger partial charge in [0.05, 0.1) is 25.1 Å². The van der Waals surface area contributed by atoms with Gasteiger partial charge in [-0.05, 0) is 30.5 Å². The lowest BCUT2D eigenvalue weighted by molar-refractivity contribution is -0.134. The maximum absolute atomic E-state index is 12.8. The summed E-state index contributed by atoms with van der Waals surface area (Å²) >= 11 is 0. The van der Waals surface area contributed by atoms with Crippen LogP contribution in [0.3, 0.4) is 0 Å². The topological polar surface area (TPSA) is 74.1 Å². The minimum atomic E-state index is -3.37. The largest absolute Gasteiger partial charge is 0.468 e. The maximum Gasteiger partial charge on any atom is 0.236 e. The maximum atomic E-state index is 12.8. The Morgan fingerprint density at radius 2 is 1.76 bits per heavy atom. The molecule has 7 nitrogen and oxygen atoms in total. The zero-order chi connectivity index (χ0) is 20.3. The molecule has 1 amide bonds. The van der Waals surface area contributed by atoms with Gasteiger partial charge in [-0.2, -0.15) is 4.31 Å². The first kappa shape index (κ1) is 20.1. The van der Waals surface area contributed by atoms with E-state index < -0.39 is 10.0 Å². The molecule has 2 aliphatic rings. The van der Waals surface area contributed by atoms with Gasteiger partial charge >= 0.3 is 0 Å². The van der Waals surface area contributed by atoms with Crippen LogP contribution < -0.4 is 0 Å². The Balaban J connectivity index is 1.30. The molecule has 1 aromatic heterocycles. The number of rotatable bonds is 8. The van der Waals surface area contributed by atoms with E-state index in [9.17, 15) is 13.2 Å². The van der Waals surface area contributed by atoms with Crippen LogP contribution in [-0.4, -0.2) is 67.2 Å². The molecular weight excluding hydrogens is 390 g/mol. The number of nitrogens with zero attached hydrogens (tertiary/aromatic N) is 3. The number of sulfonamides is 1. The van der Waals surface area contributed by atoms with Gasteiger partial charge in [-0.25, -0.2) is 8.42 Å². The summed E-state index contributed by atoms with van der Waals surface area (Å²) in [6.45, 7) is 2.56. The zero-order valence-electron chi connectivity index (χ0n) is 16.4. The second kappa shape index (κ2) is 8.69. The lowest BCUT2D eigenvalue weighted by Crippen LogP contribution is -2.52. The number of carbonyl (C=O) groups is 1. The summed E-state index contributed by atoms with van der Waals surface area (Å²) in [5.74, 6) is 0.922. The van der Waals surface area contributed by atoms with Gasteiger partial charge in [0.2, 0.25) is 15.9 Å². The predicted molar refractivity (Wildman–Crippen MR) is 109 cm³/mol. The molecular formula is C21H27N3O4S. The average Bonchev–Trinajstić information content (AvgIpc) is 3.45. The molecule has 156 valence electrons. The van der Waals surface area contributed by atoms with Crippen LogP contribution in [-0.2, 0) is 27.1 Å². The van der Waals surface area contributed by atoms with Crippen LogP contribution in [0.4, 0.5) is 0 Å². The highest BCUT2D eigenvalue weighted by molar-refractivity contribution is 7.88. The van der Waals surface area contributed by atoms with E-state index in [0.717, 1.165) is 24.2 Å². The number of furan rings is 1. The number of piperazine rings is 1. The van der Waals surface area contributed by atoms with Crippen molar-refractivity contribution in [3.63, 3.8) is 0 Å². The number of hydrogen-bond acceptors (Lipinski definition) is 5. The van der Waals surface area contributed by atoms with Crippen molar-refractivity contribution in [1.29, 1.82) is 0 Å². The lowest BCUT2D eigenvalue weighted by Gasteiger charge is -2.35. The third kappa shape index (κ3) is 5.26. The molecule has 2 heterocycles. The van der Waals surface area contributed by atoms with Crippen molar-refractivity contribution < 1.29 is 17.6 Å². The van der Waals surface area contributed by atoms with E-state index in [1.165, 1.54) is 4.31 Å². The smallest absolute Gasteiger partial charge is 0.236 e. The van der Waals surface area contributed by atoms with E-state index in [2.05, 4.69) is 4.90 Å². The van der Waals surface area contributed by atoms with Crippen LogP contribution >= 0.6 is 0 Å². The number of benzene rings is 1. The summed E-state index contributed by atoms with van der Waals surface area (Å²) in [7, 11) is -3.37. The molecule has 0 spiro atoms. The van der Waals surface area contributed by atoms with Crippen molar-refractivity contribution in [1.82, 2.24) is 14.1 Å². The summed E-state index contributed by atoms with van der Waals surface area (Å²) in [5.41, 5.74) is 0.781. The van der Waals surface area contributed by atoms with Gasteiger partial charge in [-0.15, -0.1) is 0 Å². The van der Waals surface area contributed by atoms with Crippen LogP contribution in [0.15, 0.2) is 53.1 Å². The van der Waals surface area contributed by atoms with E-state index in [4.69, 9.17) is 4.42 Å². The molecule has 2 aromatic rings. The monoisotopic (exact) mass is 417 g/mol. The molecule has 1 aliphatic heterocycles. The third-order valence-corrected chi connectivity index (χ3v) is 7.37. The average molecular weight is 418 g/mol. The van der Waals surface area contributed by atoms with Gasteiger partial charge in [-0.1, -0.05) is 30.3 Å². The van der Waals surface area contributed by atoms with Gasteiger partial charge in [0.1, 0.15) is 5.76 Å². The molecule has 0 atom stereocenters. The van der Waals surface area contributed by atoms with Gasteiger partial charge in [0.25, 0.3) is 0 Å². The van der Waals surface area contributed by atoms with E-state index in [1.807, 2.05) is 42.5 Å². The van der Waals surface area contributed by atoms with Crippen LogP contribution in [0.25, 0.3) is 0 Å². The van der Waals surface area contributed by atoms with Crippen molar-refractivity contribution in [3.8, 4) is 0 Å². The number of amides is 1. The molecule has 1 saturated heterocycles. The standard InChI is InChI=1S/C21H27N3O4S/c25-21(16-23(19-8-9-19)15-20-7-4-14-28-20)22-10-12-24(13-11-22)29(26,27)17-18-5-2-1-3-6-18/h1-7,14,19H,8-13,15-17H2. The number of carbonyl (C=O) groups excluding carboxylic acids is 1. The van der Waals surface area contributed by atoms with Crippen LogP contribution in [0.5, 0.6) is 0 Å². The molecule has 1 aromatic carbocycles. The molecule has 0 N–H and O–H groups in total. The van der Waals surface area contributed by atoms with E-state index >= 15 is 0 Å². The summed E-state index contributed by atoms with van der Waals surface area (Å²) in [6.07, 6.45) is 3.87. The highest BCUT2D eigenvalue weighted by Crippen LogP contribution is 2.28. The SMILES string of the molecule is O=C(CN(Cc1ccco1)C1CC1)N1CCN(S(=O)(=O)Cc2ccccc2)CC1. The Bertz CT molecular complexity index is 903. The molecule has 0 unspecified atom stereocenters. The first-order valence-corrected chi connectivity index (χ1v) is 11.7. The van der Waals surface area contributed by atoms with Crippen molar-refractivity contribution >= 4 is 15.9 Å². The minimum absolute atomic E-state index is 0.000388. The van der Waals surface area contributed by atoms with Gasteiger partial charge in [-0.3, -0.25) is 9.69 Å². The van der Waals surface area contributed by atoms with Crippen LogP contribution in [0.1, 0.15) is 24.2 Å². The minimum Gasteiger partial charge on any atom is -0.468 e. The highest BCUT2D eigenvalue weighted by atomic mass is 32.2. The summed E-state index contributed by atoms with van der Waals surface area (Å²) in [4.78, 5) is 16.8. The molecule has 0 radical (unpaired) electrons. The molecule has 4 rings (SSSR count). The number of hydrogen-bond donors (Lipinski definition) is 0. The molecule has 2 fully saturated rings. The van der Waals surface area contributed by atoms with Gasteiger partial charge < -0.3 is 9.32 Å². The van der Waals surface area contributed by atoms with Gasteiger partial charge in [0.15, 0.2) is 0 Å². The second-order valence-electron chi connectivity index (χ2n) is 7.74. The van der Waals surface area contributed by atoms with Crippen molar-refractivity contribution in [3.05, 3.63) is 60.1 Å². The first-order chi connectivity index (χ1) is 14.0. The molecule has 29 heavy (non-hydrogen) atoms. The van der Waals surface area contributed by atoms with Crippen molar-refractivity contribution in [2.45, 2.75) is 31.2 Å². The quantitative estimate of drug-likeness (QED) is 0.656.